The number of rotatable bonds is 7. The highest BCUT2D eigenvalue weighted by Crippen LogP contribution is 2.07. The van der Waals surface area contributed by atoms with Crippen LogP contribution in [-0.4, -0.2) is 46.9 Å². The number of amides is 2. The number of hydrogen-bond donors (Lipinski definition) is 3. The summed E-state index contributed by atoms with van der Waals surface area (Å²) in [5.41, 5.74) is 4.59. The number of carboxylic acids is 1. The molecule has 0 fully saturated rings. The summed E-state index contributed by atoms with van der Waals surface area (Å²) >= 11 is 1.26. The minimum atomic E-state index is -0.995. The molecule has 7 nitrogen and oxygen atoms in total. The van der Waals surface area contributed by atoms with E-state index in [9.17, 15) is 14.4 Å². The maximum absolute atomic E-state index is 11.8. The van der Waals surface area contributed by atoms with Gasteiger partial charge in [0.05, 0.1) is 18.0 Å². The highest BCUT2D eigenvalue weighted by Gasteiger charge is 2.19. The zero-order valence-electron chi connectivity index (χ0n) is 12.0. The molecule has 0 spiro atoms. The zero-order valence-corrected chi connectivity index (χ0v) is 12.8. The smallest absolute Gasteiger partial charge is 0.317 e. The molecule has 3 N–H and O–H groups in total. The summed E-state index contributed by atoms with van der Waals surface area (Å²) < 4.78 is 0. The average Bonchev–Trinajstić information content (AvgIpc) is 2.96. The minimum absolute atomic E-state index is 0.0418. The number of aliphatic carboxylic acids is 1. The van der Waals surface area contributed by atoms with Crippen LogP contribution >= 0.6 is 11.3 Å². The molecule has 1 aromatic heterocycles. The summed E-state index contributed by atoms with van der Waals surface area (Å²) in [5, 5.41) is 10.6. The van der Waals surface area contributed by atoms with E-state index in [0.717, 1.165) is 6.42 Å². The molecule has 0 aliphatic heterocycles. The van der Waals surface area contributed by atoms with E-state index >= 15 is 0 Å². The maximum atomic E-state index is 11.8. The summed E-state index contributed by atoms with van der Waals surface area (Å²) in [7, 11) is 0. The number of hydrogen-bond acceptors (Lipinski definition) is 5. The van der Waals surface area contributed by atoms with E-state index in [1.807, 2.05) is 13.8 Å². The van der Waals surface area contributed by atoms with Crippen molar-refractivity contribution in [1.29, 1.82) is 0 Å². The predicted octanol–water partition coefficient (Wildman–Crippen LogP) is 0.694. The van der Waals surface area contributed by atoms with Gasteiger partial charge >= 0.3 is 5.97 Å². The number of carbonyl (C=O) groups is 3. The van der Waals surface area contributed by atoms with Crippen LogP contribution in [0.4, 0.5) is 0 Å². The summed E-state index contributed by atoms with van der Waals surface area (Å²) in [5.74, 6) is -1.85. The number of hydrazine groups is 1. The molecular formula is C13H19N3O4S. The quantitative estimate of drug-likeness (QED) is 0.643. The third-order valence-corrected chi connectivity index (χ3v) is 3.83. The lowest BCUT2D eigenvalue weighted by molar-refractivity contribution is -0.139. The number of carboxylic acid groups (broad SMARTS) is 1. The maximum Gasteiger partial charge on any atom is 0.317 e. The molecule has 1 atom stereocenters. The van der Waals surface area contributed by atoms with Gasteiger partial charge in [-0.25, -0.2) is 0 Å². The monoisotopic (exact) mass is 313 g/mol. The summed E-state index contributed by atoms with van der Waals surface area (Å²) in [4.78, 5) is 36.2. The standard InChI is InChI=1S/C13H19N3O4S/c1-3-9(2)16(8-12(18)19)7-11(17)14-15-13(20)10-5-4-6-21-10/h4-6,9H,3,7-8H2,1-2H3,(H,14,17)(H,15,20)(H,18,19). The largest absolute Gasteiger partial charge is 0.480 e. The van der Waals surface area contributed by atoms with Crippen molar-refractivity contribution in [3.63, 3.8) is 0 Å². The van der Waals surface area contributed by atoms with E-state index in [1.54, 1.807) is 17.5 Å². The fraction of sp³-hybridized carbons (Fsp3) is 0.462. The Bertz CT molecular complexity index is 490. The SMILES string of the molecule is CCC(C)N(CC(=O)O)CC(=O)NNC(=O)c1cccs1. The molecule has 0 aromatic carbocycles. The number of nitrogens with zero attached hydrogens (tertiary/aromatic N) is 1. The molecule has 116 valence electrons. The number of thiophene rings is 1. The molecule has 1 unspecified atom stereocenters. The van der Waals surface area contributed by atoms with Crippen LogP contribution in [0.2, 0.25) is 0 Å². The van der Waals surface area contributed by atoms with Crippen LogP contribution in [-0.2, 0) is 9.59 Å². The van der Waals surface area contributed by atoms with Crippen LogP contribution in [0.25, 0.3) is 0 Å². The Hall–Kier alpha value is -1.93. The van der Waals surface area contributed by atoms with E-state index in [2.05, 4.69) is 10.9 Å². The molecule has 1 heterocycles. The van der Waals surface area contributed by atoms with E-state index in [-0.39, 0.29) is 19.1 Å². The molecule has 1 aromatic rings. The average molecular weight is 313 g/mol. The van der Waals surface area contributed by atoms with Crippen LogP contribution in [0.15, 0.2) is 17.5 Å². The molecule has 0 saturated heterocycles. The second kappa shape index (κ2) is 8.38. The van der Waals surface area contributed by atoms with Crippen LogP contribution in [0.5, 0.6) is 0 Å². The molecule has 0 bridgehead atoms. The molecule has 0 radical (unpaired) electrons. The highest BCUT2D eigenvalue weighted by atomic mass is 32.1. The summed E-state index contributed by atoms with van der Waals surface area (Å²) in [6, 6.07) is 3.33. The van der Waals surface area contributed by atoms with Crippen LogP contribution in [0.3, 0.4) is 0 Å². The van der Waals surface area contributed by atoms with Crippen molar-refractivity contribution < 1.29 is 19.5 Å². The van der Waals surface area contributed by atoms with Gasteiger partial charge in [0.15, 0.2) is 0 Å². The first-order valence-corrected chi connectivity index (χ1v) is 7.40. The third kappa shape index (κ3) is 5.92. The Labute approximate surface area is 126 Å². The van der Waals surface area contributed by atoms with Gasteiger partial charge in [-0.15, -0.1) is 11.3 Å². The Kier molecular flexibility index (Phi) is 6.83. The second-order valence-electron chi connectivity index (χ2n) is 4.54. The first-order valence-electron chi connectivity index (χ1n) is 6.52. The summed E-state index contributed by atoms with van der Waals surface area (Å²) in [6.07, 6.45) is 0.724. The van der Waals surface area contributed by atoms with Gasteiger partial charge in [0.2, 0.25) is 0 Å². The topological polar surface area (TPSA) is 98.7 Å². The van der Waals surface area contributed by atoms with Gasteiger partial charge in [0, 0.05) is 6.04 Å². The minimum Gasteiger partial charge on any atom is -0.480 e. The van der Waals surface area contributed by atoms with Crippen molar-refractivity contribution >= 4 is 29.1 Å². The van der Waals surface area contributed by atoms with E-state index in [4.69, 9.17) is 5.11 Å². The first-order chi connectivity index (χ1) is 9.93. The lowest BCUT2D eigenvalue weighted by atomic mass is 10.2. The van der Waals surface area contributed by atoms with Crippen molar-refractivity contribution in [3.05, 3.63) is 22.4 Å². The van der Waals surface area contributed by atoms with Gasteiger partial charge in [-0.2, -0.15) is 0 Å². The van der Waals surface area contributed by atoms with E-state index in [0.29, 0.717) is 4.88 Å². The van der Waals surface area contributed by atoms with Gasteiger partial charge < -0.3 is 5.11 Å². The van der Waals surface area contributed by atoms with Crippen molar-refractivity contribution in [1.82, 2.24) is 15.8 Å². The Morgan fingerprint density at radius 1 is 1.33 bits per heavy atom. The van der Waals surface area contributed by atoms with Crippen molar-refractivity contribution in [3.8, 4) is 0 Å². The van der Waals surface area contributed by atoms with Crippen LogP contribution in [0, 0.1) is 0 Å². The van der Waals surface area contributed by atoms with Crippen LogP contribution < -0.4 is 10.9 Å². The fourth-order valence-electron chi connectivity index (χ4n) is 1.62. The van der Waals surface area contributed by atoms with Crippen molar-refractivity contribution in [2.45, 2.75) is 26.3 Å². The Balaban J connectivity index is 2.46. The molecular weight excluding hydrogens is 294 g/mol. The van der Waals surface area contributed by atoms with Crippen molar-refractivity contribution in [2.24, 2.45) is 0 Å². The van der Waals surface area contributed by atoms with Gasteiger partial charge in [0.1, 0.15) is 0 Å². The van der Waals surface area contributed by atoms with Gasteiger partial charge in [-0.05, 0) is 24.8 Å². The molecule has 2 amide bonds. The molecule has 0 aliphatic rings. The highest BCUT2D eigenvalue weighted by molar-refractivity contribution is 7.12. The molecule has 0 saturated carbocycles. The summed E-state index contributed by atoms with van der Waals surface area (Å²) in [6.45, 7) is 3.45. The molecule has 21 heavy (non-hydrogen) atoms. The first kappa shape index (κ1) is 17.1. The number of nitrogens with one attached hydrogen (secondary N) is 2. The van der Waals surface area contributed by atoms with Gasteiger partial charge in [-0.3, -0.25) is 30.1 Å². The third-order valence-electron chi connectivity index (χ3n) is 2.96. The Morgan fingerprint density at radius 3 is 2.57 bits per heavy atom. The Morgan fingerprint density at radius 2 is 2.05 bits per heavy atom. The van der Waals surface area contributed by atoms with Crippen LogP contribution in [0.1, 0.15) is 29.9 Å². The normalized spacial score (nSPS) is 12.0. The lowest BCUT2D eigenvalue weighted by Gasteiger charge is -2.25. The number of carbonyl (C=O) groups excluding carboxylic acids is 2. The lowest BCUT2D eigenvalue weighted by Crippen LogP contribution is -2.49. The molecule has 8 heteroatoms. The fourth-order valence-corrected chi connectivity index (χ4v) is 2.24. The predicted molar refractivity (Wildman–Crippen MR) is 78.9 cm³/mol. The molecule has 0 aliphatic carbocycles. The van der Waals surface area contributed by atoms with Crippen molar-refractivity contribution in [2.75, 3.05) is 13.1 Å². The van der Waals surface area contributed by atoms with Gasteiger partial charge in [-0.1, -0.05) is 13.0 Å². The second-order valence-corrected chi connectivity index (χ2v) is 5.48. The van der Waals surface area contributed by atoms with E-state index in [1.165, 1.54) is 16.2 Å². The zero-order chi connectivity index (χ0) is 15.8. The van der Waals surface area contributed by atoms with Gasteiger partial charge in [0.25, 0.3) is 11.8 Å². The molecule has 1 rings (SSSR count). The van der Waals surface area contributed by atoms with E-state index < -0.39 is 17.8 Å².